The van der Waals surface area contributed by atoms with E-state index in [1.165, 1.54) is 0 Å². The molecule has 0 aromatic heterocycles. The number of nitrogens with zero attached hydrogens (tertiary/aromatic N) is 1. The molecule has 19 heavy (non-hydrogen) atoms. The molecular weight excluding hydrogens is 242 g/mol. The minimum Gasteiger partial charge on any atom is -0.481 e. The molecule has 0 spiro atoms. The van der Waals surface area contributed by atoms with Crippen molar-refractivity contribution in [2.24, 2.45) is 23.7 Å². The second-order valence-electron chi connectivity index (χ2n) is 5.76. The van der Waals surface area contributed by atoms with Crippen molar-refractivity contribution in [3.8, 4) is 0 Å². The maximum atomic E-state index is 12.6. The van der Waals surface area contributed by atoms with Crippen LogP contribution in [0.25, 0.3) is 0 Å². The molecule has 106 valence electrons. The van der Waals surface area contributed by atoms with Crippen molar-refractivity contribution in [3.05, 3.63) is 12.2 Å². The summed E-state index contributed by atoms with van der Waals surface area (Å²) in [6, 6.07) is 0.213. The third kappa shape index (κ3) is 2.28. The SMILES string of the molecule is CCC(CC)N(C)C(=O)C1C2C=CC(C2)C1C(=O)O. The highest BCUT2D eigenvalue weighted by atomic mass is 16.4. The first-order chi connectivity index (χ1) is 9.01. The minimum atomic E-state index is -0.826. The first-order valence-corrected chi connectivity index (χ1v) is 7.19. The highest BCUT2D eigenvalue weighted by Crippen LogP contribution is 2.48. The van der Waals surface area contributed by atoms with E-state index in [1.54, 1.807) is 4.90 Å². The molecule has 4 atom stereocenters. The monoisotopic (exact) mass is 265 g/mol. The molecule has 1 saturated carbocycles. The third-order valence-corrected chi connectivity index (χ3v) is 4.87. The molecule has 0 saturated heterocycles. The van der Waals surface area contributed by atoms with E-state index in [4.69, 9.17) is 0 Å². The zero-order valence-electron chi connectivity index (χ0n) is 11.9. The van der Waals surface area contributed by atoms with E-state index in [1.807, 2.05) is 19.2 Å². The number of aliphatic carboxylic acids is 1. The zero-order chi connectivity index (χ0) is 14.2. The summed E-state index contributed by atoms with van der Waals surface area (Å²) in [5, 5.41) is 9.38. The lowest BCUT2D eigenvalue weighted by molar-refractivity contribution is -0.151. The van der Waals surface area contributed by atoms with Gasteiger partial charge in [-0.3, -0.25) is 9.59 Å². The Morgan fingerprint density at radius 1 is 1.21 bits per heavy atom. The molecule has 0 aromatic rings. The fourth-order valence-electron chi connectivity index (χ4n) is 3.75. The van der Waals surface area contributed by atoms with Gasteiger partial charge in [-0.15, -0.1) is 0 Å². The highest BCUT2D eigenvalue weighted by molar-refractivity contribution is 5.87. The topological polar surface area (TPSA) is 57.6 Å². The van der Waals surface area contributed by atoms with Crippen LogP contribution in [-0.2, 0) is 9.59 Å². The van der Waals surface area contributed by atoms with E-state index >= 15 is 0 Å². The number of carboxylic acid groups (broad SMARTS) is 1. The first-order valence-electron chi connectivity index (χ1n) is 7.19. The second kappa shape index (κ2) is 5.35. The lowest BCUT2D eigenvalue weighted by Gasteiger charge is -2.33. The van der Waals surface area contributed by atoms with Gasteiger partial charge in [0.25, 0.3) is 0 Å². The van der Waals surface area contributed by atoms with Crippen LogP contribution in [0.15, 0.2) is 12.2 Å². The molecule has 0 aliphatic heterocycles. The Morgan fingerprint density at radius 3 is 2.21 bits per heavy atom. The van der Waals surface area contributed by atoms with Gasteiger partial charge in [0.05, 0.1) is 11.8 Å². The quantitative estimate of drug-likeness (QED) is 0.775. The van der Waals surface area contributed by atoms with Crippen LogP contribution >= 0.6 is 0 Å². The van der Waals surface area contributed by atoms with Gasteiger partial charge in [0, 0.05) is 13.1 Å². The number of carboxylic acids is 1. The summed E-state index contributed by atoms with van der Waals surface area (Å²) in [7, 11) is 1.81. The normalized spacial score (nSPS) is 32.0. The number of amides is 1. The number of hydrogen-bond donors (Lipinski definition) is 1. The number of fused-ring (bicyclic) bond motifs is 2. The maximum Gasteiger partial charge on any atom is 0.307 e. The summed E-state index contributed by atoms with van der Waals surface area (Å²) >= 11 is 0. The van der Waals surface area contributed by atoms with Crippen LogP contribution in [0.5, 0.6) is 0 Å². The average molecular weight is 265 g/mol. The fraction of sp³-hybridized carbons (Fsp3) is 0.733. The minimum absolute atomic E-state index is 0.0120. The summed E-state index contributed by atoms with van der Waals surface area (Å²) in [6.45, 7) is 4.13. The molecule has 0 aromatic carbocycles. The average Bonchev–Trinajstić information content (AvgIpc) is 2.99. The van der Waals surface area contributed by atoms with Gasteiger partial charge in [0.15, 0.2) is 0 Å². The molecule has 1 N–H and O–H groups in total. The van der Waals surface area contributed by atoms with Crippen molar-refractivity contribution in [2.75, 3.05) is 7.05 Å². The number of hydrogen-bond acceptors (Lipinski definition) is 2. The van der Waals surface area contributed by atoms with Gasteiger partial charge in [-0.1, -0.05) is 26.0 Å². The molecule has 2 aliphatic carbocycles. The summed E-state index contributed by atoms with van der Waals surface area (Å²) in [6.07, 6.45) is 6.65. The van der Waals surface area contributed by atoms with Crippen molar-refractivity contribution >= 4 is 11.9 Å². The zero-order valence-corrected chi connectivity index (χ0v) is 11.9. The standard InChI is InChI=1S/C15H23NO3/c1-4-11(5-2)16(3)14(17)12-9-6-7-10(8-9)13(12)15(18)19/h6-7,9-13H,4-5,8H2,1-3H3,(H,18,19). The lowest BCUT2D eigenvalue weighted by atomic mass is 9.82. The van der Waals surface area contributed by atoms with Crippen molar-refractivity contribution < 1.29 is 14.7 Å². The van der Waals surface area contributed by atoms with Gasteiger partial charge in [-0.2, -0.15) is 0 Å². The van der Waals surface area contributed by atoms with E-state index in [0.717, 1.165) is 19.3 Å². The van der Waals surface area contributed by atoms with Crippen molar-refractivity contribution in [3.63, 3.8) is 0 Å². The fourth-order valence-corrected chi connectivity index (χ4v) is 3.75. The molecule has 4 nitrogen and oxygen atoms in total. The van der Waals surface area contributed by atoms with Gasteiger partial charge < -0.3 is 10.0 Å². The molecule has 4 unspecified atom stereocenters. The van der Waals surface area contributed by atoms with E-state index in [2.05, 4.69) is 13.8 Å². The molecule has 2 rings (SSSR count). The Bertz CT molecular complexity index is 400. The number of allylic oxidation sites excluding steroid dienone is 2. The maximum absolute atomic E-state index is 12.6. The van der Waals surface area contributed by atoms with E-state index in [0.29, 0.717) is 0 Å². The molecule has 0 heterocycles. The van der Waals surface area contributed by atoms with E-state index in [9.17, 15) is 14.7 Å². The van der Waals surface area contributed by atoms with Gasteiger partial charge in [-0.05, 0) is 31.1 Å². The van der Waals surface area contributed by atoms with Crippen molar-refractivity contribution in [1.82, 2.24) is 4.90 Å². The molecule has 0 radical (unpaired) electrons. The number of carbonyl (C=O) groups is 2. The van der Waals surface area contributed by atoms with E-state index < -0.39 is 11.9 Å². The van der Waals surface area contributed by atoms with Gasteiger partial charge in [0.2, 0.25) is 5.91 Å². The number of carbonyl (C=O) groups excluding carboxylic acids is 1. The predicted octanol–water partition coefficient (Wildman–Crippen LogP) is 2.16. The van der Waals surface area contributed by atoms with Crippen LogP contribution in [0.3, 0.4) is 0 Å². The molecule has 1 amide bonds. The smallest absolute Gasteiger partial charge is 0.307 e. The van der Waals surface area contributed by atoms with Crippen molar-refractivity contribution in [1.29, 1.82) is 0 Å². The molecule has 2 aliphatic rings. The van der Waals surface area contributed by atoms with Crippen LogP contribution in [0.1, 0.15) is 33.1 Å². The molecule has 2 bridgehead atoms. The Hall–Kier alpha value is -1.32. The lowest BCUT2D eigenvalue weighted by Crippen LogP contribution is -2.45. The number of rotatable bonds is 5. The first kappa shape index (κ1) is 14.1. The largest absolute Gasteiger partial charge is 0.481 e. The Kier molecular flexibility index (Phi) is 3.97. The summed E-state index contributed by atoms with van der Waals surface area (Å²) in [4.78, 5) is 25.8. The van der Waals surface area contributed by atoms with E-state index in [-0.39, 0.29) is 29.7 Å². The molecule has 1 fully saturated rings. The second-order valence-corrected chi connectivity index (χ2v) is 5.76. The Morgan fingerprint density at radius 2 is 1.74 bits per heavy atom. The van der Waals surface area contributed by atoms with Crippen LogP contribution in [0.4, 0.5) is 0 Å². The van der Waals surface area contributed by atoms with Gasteiger partial charge in [0.1, 0.15) is 0 Å². The van der Waals surface area contributed by atoms with Crippen LogP contribution in [-0.4, -0.2) is 35.0 Å². The molecule has 4 heteroatoms. The Labute approximate surface area is 114 Å². The van der Waals surface area contributed by atoms with Gasteiger partial charge in [-0.25, -0.2) is 0 Å². The highest BCUT2D eigenvalue weighted by Gasteiger charge is 2.52. The summed E-state index contributed by atoms with van der Waals surface area (Å²) < 4.78 is 0. The van der Waals surface area contributed by atoms with Crippen LogP contribution in [0.2, 0.25) is 0 Å². The van der Waals surface area contributed by atoms with Crippen LogP contribution in [0, 0.1) is 23.7 Å². The van der Waals surface area contributed by atoms with Crippen LogP contribution < -0.4 is 0 Å². The third-order valence-electron chi connectivity index (χ3n) is 4.87. The predicted molar refractivity (Wildman–Crippen MR) is 72.5 cm³/mol. The van der Waals surface area contributed by atoms with Crippen molar-refractivity contribution in [2.45, 2.75) is 39.2 Å². The Balaban J connectivity index is 2.18. The summed E-state index contributed by atoms with van der Waals surface area (Å²) in [5.41, 5.74) is 0. The molecular formula is C15H23NO3. The van der Waals surface area contributed by atoms with Gasteiger partial charge >= 0.3 is 5.97 Å². The summed E-state index contributed by atoms with van der Waals surface area (Å²) in [5.74, 6) is -1.54.